The summed E-state index contributed by atoms with van der Waals surface area (Å²) in [6.07, 6.45) is -0.582. The number of hydrogen-bond donors (Lipinski definition) is 1. The number of hydrogen-bond acceptors (Lipinski definition) is 3. The summed E-state index contributed by atoms with van der Waals surface area (Å²) >= 11 is 0. The van der Waals surface area contributed by atoms with E-state index in [9.17, 15) is 5.11 Å². The highest BCUT2D eigenvalue weighted by Gasteiger charge is 2.17. The molecular weight excluding hydrogens is 274 g/mol. The van der Waals surface area contributed by atoms with Crippen LogP contribution in [-0.2, 0) is 0 Å². The van der Waals surface area contributed by atoms with Gasteiger partial charge in [0.1, 0.15) is 11.9 Å². The number of likely N-dealkylation sites (N-methyl/N-ethyl adjacent to an activating group) is 1. The number of aryl methyl sites for hydroxylation is 1. The predicted molar refractivity (Wildman–Crippen MR) is 91.6 cm³/mol. The zero-order valence-corrected chi connectivity index (χ0v) is 13.6. The molecule has 1 unspecified atom stereocenters. The molecule has 1 N–H and O–H groups in total. The van der Waals surface area contributed by atoms with Gasteiger partial charge >= 0.3 is 0 Å². The minimum absolute atomic E-state index is 0.546. The molecule has 0 aliphatic rings. The van der Waals surface area contributed by atoms with Crippen molar-refractivity contribution >= 4 is 5.69 Å². The third kappa shape index (κ3) is 4.01. The first-order valence-electron chi connectivity index (χ1n) is 7.87. The van der Waals surface area contributed by atoms with Gasteiger partial charge in [-0.3, -0.25) is 0 Å². The Morgan fingerprint density at radius 2 is 1.82 bits per heavy atom. The number of anilines is 1. The quantitative estimate of drug-likeness (QED) is 0.840. The van der Waals surface area contributed by atoms with E-state index >= 15 is 0 Å². The van der Waals surface area contributed by atoms with Crippen molar-refractivity contribution in [3.05, 3.63) is 59.7 Å². The predicted octanol–water partition coefficient (Wildman–Crippen LogP) is 3.95. The molecule has 0 aliphatic heterocycles. The van der Waals surface area contributed by atoms with Gasteiger partial charge < -0.3 is 14.7 Å². The molecule has 0 fully saturated rings. The second-order valence-electron chi connectivity index (χ2n) is 5.36. The van der Waals surface area contributed by atoms with Crippen molar-refractivity contribution < 1.29 is 9.84 Å². The lowest BCUT2D eigenvalue weighted by atomic mass is 10.0. The van der Waals surface area contributed by atoms with Crippen LogP contribution in [0.5, 0.6) is 5.75 Å². The summed E-state index contributed by atoms with van der Waals surface area (Å²) in [5, 5.41) is 10.7. The molecule has 0 bridgehead atoms. The van der Waals surface area contributed by atoms with Crippen LogP contribution < -0.4 is 9.64 Å². The Labute approximate surface area is 133 Å². The molecule has 2 aromatic carbocycles. The topological polar surface area (TPSA) is 32.7 Å². The van der Waals surface area contributed by atoms with Gasteiger partial charge in [-0.05, 0) is 45.0 Å². The lowest BCUT2D eigenvalue weighted by Gasteiger charge is -2.27. The van der Waals surface area contributed by atoms with Crippen molar-refractivity contribution in [3.8, 4) is 5.75 Å². The molecule has 3 heteroatoms. The summed E-state index contributed by atoms with van der Waals surface area (Å²) in [6, 6.07) is 16.1. The number of aliphatic hydroxyl groups excluding tert-OH is 1. The average molecular weight is 299 g/mol. The van der Waals surface area contributed by atoms with Crippen molar-refractivity contribution in [3.63, 3.8) is 0 Å². The first-order valence-corrected chi connectivity index (χ1v) is 7.87. The van der Waals surface area contributed by atoms with E-state index in [-0.39, 0.29) is 0 Å². The molecule has 0 aromatic heterocycles. The van der Waals surface area contributed by atoms with Crippen LogP contribution in [0.3, 0.4) is 0 Å². The molecule has 2 rings (SSSR count). The fourth-order valence-electron chi connectivity index (χ4n) is 2.58. The molecule has 0 aliphatic carbocycles. The Kier molecular flexibility index (Phi) is 5.84. The zero-order valence-electron chi connectivity index (χ0n) is 13.6. The molecule has 118 valence electrons. The molecule has 0 saturated heterocycles. The van der Waals surface area contributed by atoms with Crippen LogP contribution in [0.4, 0.5) is 5.69 Å². The van der Waals surface area contributed by atoms with Crippen molar-refractivity contribution in [1.82, 2.24) is 0 Å². The van der Waals surface area contributed by atoms with Crippen LogP contribution in [-0.4, -0.2) is 24.8 Å². The van der Waals surface area contributed by atoms with Gasteiger partial charge in [0.05, 0.1) is 6.61 Å². The third-order valence-corrected chi connectivity index (χ3v) is 3.72. The smallest absolute Gasteiger partial charge is 0.125 e. The molecule has 0 heterocycles. The molecule has 2 aromatic rings. The average Bonchev–Trinajstić information content (AvgIpc) is 2.55. The highest BCUT2D eigenvalue weighted by Crippen LogP contribution is 2.28. The van der Waals surface area contributed by atoms with E-state index in [1.54, 1.807) is 0 Å². The Bertz CT molecular complexity index is 583. The molecule has 0 saturated carbocycles. The number of para-hydroxylation sites is 1. The van der Waals surface area contributed by atoms with Gasteiger partial charge in [0.2, 0.25) is 0 Å². The summed E-state index contributed by atoms with van der Waals surface area (Å²) in [5.74, 6) is 0.768. The molecule has 3 nitrogen and oxygen atoms in total. The molecule has 22 heavy (non-hydrogen) atoms. The second-order valence-corrected chi connectivity index (χ2v) is 5.36. The summed E-state index contributed by atoms with van der Waals surface area (Å²) in [4.78, 5) is 2.17. The van der Waals surface area contributed by atoms with Crippen LogP contribution >= 0.6 is 0 Å². The van der Waals surface area contributed by atoms with Crippen molar-refractivity contribution in [2.75, 3.05) is 24.6 Å². The van der Waals surface area contributed by atoms with Crippen LogP contribution in [0, 0.1) is 6.92 Å². The van der Waals surface area contributed by atoms with E-state index in [1.807, 2.05) is 50.2 Å². The summed E-state index contributed by atoms with van der Waals surface area (Å²) < 4.78 is 5.66. The van der Waals surface area contributed by atoms with Gasteiger partial charge in [0.15, 0.2) is 0 Å². The summed E-state index contributed by atoms with van der Waals surface area (Å²) in [7, 11) is 0. The van der Waals surface area contributed by atoms with Gasteiger partial charge in [0.25, 0.3) is 0 Å². The van der Waals surface area contributed by atoms with Crippen molar-refractivity contribution in [2.45, 2.75) is 26.9 Å². The van der Waals surface area contributed by atoms with E-state index in [0.717, 1.165) is 29.1 Å². The number of aliphatic hydroxyl groups is 1. The highest BCUT2D eigenvalue weighted by atomic mass is 16.5. The van der Waals surface area contributed by atoms with Crippen molar-refractivity contribution in [2.24, 2.45) is 0 Å². The lowest BCUT2D eigenvalue weighted by Crippen LogP contribution is -2.28. The number of nitrogens with zero attached hydrogens (tertiary/aromatic N) is 1. The molecule has 0 spiro atoms. The highest BCUT2D eigenvalue weighted by molar-refractivity contribution is 5.47. The minimum Gasteiger partial charge on any atom is -0.493 e. The fraction of sp³-hybridized carbons (Fsp3) is 0.368. The Morgan fingerprint density at radius 1 is 1.09 bits per heavy atom. The molecule has 0 amide bonds. The second kappa shape index (κ2) is 7.85. The SMILES string of the molecule is CCOc1ccc(C)cc1C(O)CN(CC)c1ccccc1. The zero-order chi connectivity index (χ0) is 15.9. The normalized spacial score (nSPS) is 12.0. The van der Waals surface area contributed by atoms with E-state index < -0.39 is 6.10 Å². The van der Waals surface area contributed by atoms with Gasteiger partial charge in [-0.15, -0.1) is 0 Å². The monoisotopic (exact) mass is 299 g/mol. The number of benzene rings is 2. The molecular formula is C19H25NO2. The fourth-order valence-corrected chi connectivity index (χ4v) is 2.58. The Morgan fingerprint density at radius 3 is 2.45 bits per heavy atom. The van der Waals surface area contributed by atoms with Crippen LogP contribution in [0.25, 0.3) is 0 Å². The van der Waals surface area contributed by atoms with E-state index in [2.05, 4.69) is 24.0 Å². The lowest BCUT2D eigenvalue weighted by molar-refractivity contribution is 0.177. The molecule has 1 atom stereocenters. The van der Waals surface area contributed by atoms with Gasteiger partial charge in [0, 0.05) is 24.3 Å². The van der Waals surface area contributed by atoms with Crippen LogP contribution in [0.15, 0.2) is 48.5 Å². The van der Waals surface area contributed by atoms with E-state index in [1.165, 1.54) is 0 Å². The van der Waals surface area contributed by atoms with E-state index in [0.29, 0.717) is 13.2 Å². The number of ether oxygens (including phenoxy) is 1. The summed E-state index contributed by atoms with van der Waals surface area (Å²) in [5.41, 5.74) is 3.10. The first-order chi connectivity index (χ1) is 10.7. The maximum Gasteiger partial charge on any atom is 0.125 e. The van der Waals surface area contributed by atoms with Gasteiger partial charge in [-0.2, -0.15) is 0 Å². The Balaban J connectivity index is 2.20. The van der Waals surface area contributed by atoms with E-state index in [4.69, 9.17) is 4.74 Å². The maximum atomic E-state index is 10.7. The van der Waals surface area contributed by atoms with Gasteiger partial charge in [-0.1, -0.05) is 29.8 Å². The van der Waals surface area contributed by atoms with Crippen LogP contribution in [0.1, 0.15) is 31.1 Å². The Hall–Kier alpha value is -2.00. The minimum atomic E-state index is -0.582. The maximum absolute atomic E-state index is 10.7. The standard InChI is InChI=1S/C19H25NO2/c1-4-20(16-9-7-6-8-10-16)14-18(21)17-13-15(3)11-12-19(17)22-5-2/h6-13,18,21H,4-5,14H2,1-3H3. The first kappa shape index (κ1) is 16.4. The van der Waals surface area contributed by atoms with Crippen LogP contribution in [0.2, 0.25) is 0 Å². The van der Waals surface area contributed by atoms with Crippen molar-refractivity contribution in [1.29, 1.82) is 0 Å². The summed E-state index contributed by atoms with van der Waals surface area (Å²) in [6.45, 7) is 8.07. The van der Waals surface area contributed by atoms with Gasteiger partial charge in [-0.25, -0.2) is 0 Å². The largest absolute Gasteiger partial charge is 0.493 e. The molecule has 0 radical (unpaired) electrons. The third-order valence-electron chi connectivity index (χ3n) is 3.72. The number of rotatable bonds is 7.